The van der Waals surface area contributed by atoms with Crippen molar-refractivity contribution in [2.75, 3.05) is 14.1 Å². The molecule has 7 heteroatoms. The Morgan fingerprint density at radius 2 is 1.13 bits per heavy atom. The van der Waals surface area contributed by atoms with Crippen LogP contribution >= 0.6 is 12.4 Å². The maximum atomic E-state index is 5.55. The van der Waals surface area contributed by atoms with E-state index in [4.69, 9.17) is 11.5 Å². The molecule has 6 nitrogen and oxygen atoms in total. The number of nitrogens with zero attached hydrogens (tertiary/aromatic N) is 4. The van der Waals surface area contributed by atoms with Gasteiger partial charge in [-0.25, -0.2) is 0 Å². The van der Waals surface area contributed by atoms with Gasteiger partial charge in [-0.15, -0.1) is 12.4 Å². The quantitative estimate of drug-likeness (QED) is 0.423. The molecular weight excluding hydrogens is 216 g/mol. The first kappa shape index (κ1) is 16.3. The van der Waals surface area contributed by atoms with E-state index >= 15 is 0 Å². The molecule has 0 spiro atoms. The number of amidine groups is 2. The van der Waals surface area contributed by atoms with Gasteiger partial charge < -0.3 is 11.5 Å². The summed E-state index contributed by atoms with van der Waals surface area (Å²) in [6.45, 7) is 3.63. The average molecular weight is 235 g/mol. The van der Waals surface area contributed by atoms with Crippen molar-refractivity contribution >= 4 is 24.1 Å². The minimum absolute atomic E-state index is 0. The Kier molecular flexibility index (Phi) is 8.85. The maximum Gasteiger partial charge on any atom is 0.125 e. The predicted molar refractivity (Wildman–Crippen MR) is 66.1 cm³/mol. The highest BCUT2D eigenvalue weighted by Gasteiger charge is 2.06. The molecule has 0 aliphatic carbocycles. The van der Waals surface area contributed by atoms with Crippen LogP contribution < -0.4 is 11.5 Å². The van der Waals surface area contributed by atoms with Crippen LogP contribution in [0.4, 0.5) is 0 Å². The maximum absolute atomic E-state index is 5.55. The molecule has 0 rings (SSSR count). The topological polar surface area (TPSA) is 101 Å². The van der Waals surface area contributed by atoms with Gasteiger partial charge in [-0.05, 0) is 13.8 Å². The zero-order chi connectivity index (χ0) is 11.1. The third kappa shape index (κ3) is 6.01. The first-order valence-electron chi connectivity index (χ1n) is 4.37. The molecule has 15 heavy (non-hydrogen) atoms. The van der Waals surface area contributed by atoms with Crippen LogP contribution in [-0.2, 0) is 0 Å². The van der Waals surface area contributed by atoms with Gasteiger partial charge in [0.1, 0.15) is 23.8 Å². The number of halogens is 1. The lowest BCUT2D eigenvalue weighted by Crippen LogP contribution is -2.27. The molecule has 88 valence electrons. The Morgan fingerprint density at radius 3 is 1.33 bits per heavy atom. The monoisotopic (exact) mass is 234 g/mol. The van der Waals surface area contributed by atoms with Gasteiger partial charge in [0, 0.05) is 14.1 Å². The highest BCUT2D eigenvalue weighted by molar-refractivity contribution is 5.86. The Hall–Kier alpha value is -1.17. The third-order valence-corrected chi connectivity index (χ3v) is 1.79. The van der Waals surface area contributed by atoms with Crippen LogP contribution in [0.15, 0.2) is 20.2 Å². The van der Waals surface area contributed by atoms with Gasteiger partial charge in [-0.2, -0.15) is 10.2 Å². The van der Waals surface area contributed by atoms with Gasteiger partial charge >= 0.3 is 0 Å². The SMILES string of the molecule is CN=C(N)C(C)N=NC(C)C(N)=NC.Cl. The normalized spacial score (nSPS) is 17.3. The lowest BCUT2D eigenvalue weighted by atomic mass is 10.3. The summed E-state index contributed by atoms with van der Waals surface area (Å²) in [6.07, 6.45) is 0. The van der Waals surface area contributed by atoms with Crippen molar-refractivity contribution in [2.45, 2.75) is 25.9 Å². The second-order valence-electron chi connectivity index (χ2n) is 2.88. The number of azo groups is 1. The molecule has 0 heterocycles. The largest absolute Gasteiger partial charge is 0.386 e. The minimum atomic E-state index is -0.216. The van der Waals surface area contributed by atoms with E-state index in [1.165, 1.54) is 0 Å². The van der Waals surface area contributed by atoms with Gasteiger partial charge in [-0.3, -0.25) is 9.98 Å². The van der Waals surface area contributed by atoms with E-state index in [0.29, 0.717) is 11.7 Å². The van der Waals surface area contributed by atoms with Crippen LogP contribution in [0.2, 0.25) is 0 Å². The molecule has 0 radical (unpaired) electrons. The van der Waals surface area contributed by atoms with Crippen molar-refractivity contribution in [3.8, 4) is 0 Å². The summed E-state index contributed by atoms with van der Waals surface area (Å²) >= 11 is 0. The number of nitrogens with two attached hydrogens (primary N) is 2. The van der Waals surface area contributed by atoms with Crippen LogP contribution in [0.3, 0.4) is 0 Å². The molecule has 2 atom stereocenters. The number of hydrogen-bond donors (Lipinski definition) is 2. The lowest BCUT2D eigenvalue weighted by molar-refractivity contribution is 0.776. The first-order valence-corrected chi connectivity index (χ1v) is 4.37. The zero-order valence-corrected chi connectivity index (χ0v) is 10.3. The third-order valence-electron chi connectivity index (χ3n) is 1.79. The molecule has 2 unspecified atom stereocenters. The molecule has 0 saturated heterocycles. The minimum Gasteiger partial charge on any atom is -0.386 e. The smallest absolute Gasteiger partial charge is 0.125 e. The molecule has 0 aromatic rings. The molecule has 4 N–H and O–H groups in total. The molecular formula is C8H19ClN6. The number of hydrogen-bond acceptors (Lipinski definition) is 4. The van der Waals surface area contributed by atoms with Gasteiger partial charge in [0.2, 0.25) is 0 Å². The second-order valence-corrected chi connectivity index (χ2v) is 2.88. The lowest BCUT2D eigenvalue weighted by Gasteiger charge is -2.06. The van der Waals surface area contributed by atoms with E-state index in [9.17, 15) is 0 Å². The molecule has 0 aliphatic rings. The fourth-order valence-electron chi connectivity index (χ4n) is 0.692. The van der Waals surface area contributed by atoms with E-state index in [2.05, 4.69) is 20.2 Å². The molecule has 0 saturated carbocycles. The van der Waals surface area contributed by atoms with Crippen LogP contribution in [0.25, 0.3) is 0 Å². The number of rotatable bonds is 4. The van der Waals surface area contributed by atoms with Gasteiger partial charge in [0.25, 0.3) is 0 Å². The van der Waals surface area contributed by atoms with Gasteiger partial charge in [-0.1, -0.05) is 0 Å². The summed E-state index contributed by atoms with van der Waals surface area (Å²) in [4.78, 5) is 7.62. The fraction of sp³-hybridized carbons (Fsp3) is 0.750. The van der Waals surface area contributed by atoms with Crippen molar-refractivity contribution < 1.29 is 0 Å². The van der Waals surface area contributed by atoms with Gasteiger partial charge in [0.15, 0.2) is 0 Å². The van der Waals surface area contributed by atoms with Crippen molar-refractivity contribution in [3.05, 3.63) is 0 Å². The standard InChI is InChI=1S/C8H18N6.ClH/c1-5(7(9)11-3)13-14-6(2)8(10)12-4;/h5-6H,1-4H3,(H2,9,11)(H2,10,12);1H. The highest BCUT2D eigenvalue weighted by Crippen LogP contribution is 1.96. The summed E-state index contributed by atoms with van der Waals surface area (Å²) in [7, 11) is 3.24. The fourth-order valence-corrected chi connectivity index (χ4v) is 0.692. The Bertz CT molecular complexity index is 234. The van der Waals surface area contributed by atoms with Crippen molar-refractivity contribution in [3.63, 3.8) is 0 Å². The Labute approximate surface area is 96.4 Å². The van der Waals surface area contributed by atoms with Gasteiger partial charge in [0.05, 0.1) is 0 Å². The average Bonchev–Trinajstić information content (AvgIpc) is 2.22. The van der Waals surface area contributed by atoms with E-state index in [1.54, 1.807) is 14.1 Å². The molecule has 0 aromatic heterocycles. The molecule has 0 aromatic carbocycles. The highest BCUT2D eigenvalue weighted by atomic mass is 35.5. The summed E-state index contributed by atoms with van der Waals surface area (Å²) in [6, 6.07) is -0.431. The van der Waals surface area contributed by atoms with Crippen LogP contribution in [0.5, 0.6) is 0 Å². The predicted octanol–water partition coefficient (Wildman–Crippen LogP) is 0.611. The van der Waals surface area contributed by atoms with E-state index < -0.39 is 0 Å². The van der Waals surface area contributed by atoms with Crippen LogP contribution in [0.1, 0.15) is 13.8 Å². The summed E-state index contributed by atoms with van der Waals surface area (Å²) in [5.74, 6) is 0.904. The summed E-state index contributed by atoms with van der Waals surface area (Å²) in [5.41, 5.74) is 11.1. The van der Waals surface area contributed by atoms with Crippen LogP contribution in [0, 0.1) is 0 Å². The number of aliphatic imine (C=N–C) groups is 2. The Morgan fingerprint density at radius 1 is 0.867 bits per heavy atom. The van der Waals surface area contributed by atoms with Crippen molar-refractivity contribution in [2.24, 2.45) is 31.7 Å². The van der Waals surface area contributed by atoms with Crippen molar-refractivity contribution in [1.29, 1.82) is 0 Å². The second kappa shape index (κ2) is 8.16. The Balaban J connectivity index is 0. The summed E-state index contributed by atoms with van der Waals surface area (Å²) < 4.78 is 0. The van der Waals surface area contributed by atoms with E-state index in [0.717, 1.165) is 0 Å². The molecule has 0 fully saturated rings. The van der Waals surface area contributed by atoms with E-state index in [1.807, 2.05) is 13.8 Å². The zero-order valence-electron chi connectivity index (χ0n) is 9.51. The molecule has 0 aliphatic heterocycles. The molecule has 0 amide bonds. The van der Waals surface area contributed by atoms with Crippen LogP contribution in [-0.4, -0.2) is 37.9 Å². The van der Waals surface area contributed by atoms with E-state index in [-0.39, 0.29) is 24.5 Å². The molecule has 0 bridgehead atoms. The van der Waals surface area contributed by atoms with Crippen molar-refractivity contribution in [1.82, 2.24) is 0 Å². The summed E-state index contributed by atoms with van der Waals surface area (Å²) in [5, 5.41) is 7.94. The first-order chi connectivity index (χ1) is 6.52.